The maximum absolute atomic E-state index is 10.6. The van der Waals surface area contributed by atoms with Gasteiger partial charge in [-0.05, 0) is 36.4 Å². The Hall–Kier alpha value is -2.84. The van der Waals surface area contributed by atoms with Gasteiger partial charge in [-0.1, -0.05) is 0 Å². The molecule has 0 aliphatic heterocycles. The molecule has 25 heavy (non-hydrogen) atoms. The topological polar surface area (TPSA) is 101 Å². The monoisotopic (exact) mass is 344 g/mol. The molecule has 2 aromatic carbocycles. The van der Waals surface area contributed by atoms with Gasteiger partial charge in [0.25, 0.3) is 5.69 Å². The summed E-state index contributed by atoms with van der Waals surface area (Å²) in [5, 5.41) is 27.5. The van der Waals surface area contributed by atoms with Gasteiger partial charge in [-0.3, -0.25) is 10.1 Å². The van der Waals surface area contributed by atoms with Crippen molar-refractivity contribution in [2.75, 3.05) is 38.3 Å². The van der Waals surface area contributed by atoms with E-state index in [9.17, 15) is 10.1 Å². The SMILES string of the molecule is CN(CCOCCO)c1ccc(N=Nc2ccc([N+](=O)[O-])cc2)cc1. The average Bonchev–Trinajstić information content (AvgIpc) is 2.64. The Morgan fingerprint density at radius 1 is 1.04 bits per heavy atom. The number of hydrogen-bond donors (Lipinski definition) is 1. The van der Waals surface area contributed by atoms with Gasteiger partial charge in [-0.25, -0.2) is 0 Å². The van der Waals surface area contributed by atoms with Crippen LogP contribution in [0.2, 0.25) is 0 Å². The molecule has 0 radical (unpaired) electrons. The smallest absolute Gasteiger partial charge is 0.269 e. The highest BCUT2D eigenvalue weighted by molar-refractivity contribution is 5.52. The van der Waals surface area contributed by atoms with E-state index in [0.29, 0.717) is 31.1 Å². The highest BCUT2D eigenvalue weighted by Crippen LogP contribution is 2.23. The van der Waals surface area contributed by atoms with Crippen molar-refractivity contribution in [2.24, 2.45) is 10.2 Å². The maximum atomic E-state index is 10.6. The Kier molecular flexibility index (Phi) is 7.00. The van der Waals surface area contributed by atoms with Crippen LogP contribution in [0.4, 0.5) is 22.7 Å². The lowest BCUT2D eigenvalue weighted by Gasteiger charge is -2.19. The number of nitrogens with zero attached hydrogens (tertiary/aromatic N) is 4. The van der Waals surface area contributed by atoms with Crippen molar-refractivity contribution >= 4 is 22.7 Å². The van der Waals surface area contributed by atoms with Gasteiger partial charge in [0.05, 0.1) is 36.1 Å². The number of hydrogen-bond acceptors (Lipinski definition) is 7. The first-order valence-electron chi connectivity index (χ1n) is 7.76. The standard InChI is InChI=1S/C17H20N4O4/c1-20(10-12-25-13-11-22)16-6-2-14(3-7-16)18-19-15-4-8-17(9-5-15)21(23)24/h2-9,22H,10-13H2,1H3. The van der Waals surface area contributed by atoms with Crippen molar-refractivity contribution < 1.29 is 14.8 Å². The number of azo groups is 1. The van der Waals surface area contributed by atoms with Crippen molar-refractivity contribution in [2.45, 2.75) is 0 Å². The molecule has 0 heterocycles. The van der Waals surface area contributed by atoms with Crippen LogP contribution in [0, 0.1) is 10.1 Å². The normalized spacial score (nSPS) is 11.0. The summed E-state index contributed by atoms with van der Waals surface area (Å²) in [4.78, 5) is 12.2. The van der Waals surface area contributed by atoms with Crippen molar-refractivity contribution in [1.29, 1.82) is 0 Å². The van der Waals surface area contributed by atoms with Crippen molar-refractivity contribution in [3.63, 3.8) is 0 Å². The lowest BCUT2D eigenvalue weighted by molar-refractivity contribution is -0.384. The molecule has 1 N–H and O–H groups in total. The second-order valence-corrected chi connectivity index (χ2v) is 5.25. The predicted molar refractivity (Wildman–Crippen MR) is 94.9 cm³/mol. The first-order valence-corrected chi connectivity index (χ1v) is 7.76. The maximum Gasteiger partial charge on any atom is 0.269 e. The van der Waals surface area contributed by atoms with E-state index >= 15 is 0 Å². The number of non-ortho nitro benzene ring substituents is 1. The molecule has 8 nitrogen and oxygen atoms in total. The molecule has 0 fully saturated rings. The number of benzene rings is 2. The van der Waals surface area contributed by atoms with Crippen LogP contribution in [0.15, 0.2) is 58.8 Å². The van der Waals surface area contributed by atoms with Crippen LogP contribution in [-0.4, -0.2) is 43.4 Å². The summed E-state index contributed by atoms with van der Waals surface area (Å²) >= 11 is 0. The van der Waals surface area contributed by atoms with Crippen LogP contribution in [0.3, 0.4) is 0 Å². The van der Waals surface area contributed by atoms with E-state index in [1.165, 1.54) is 12.1 Å². The third-order valence-corrected chi connectivity index (χ3v) is 3.44. The molecule has 0 aliphatic carbocycles. The lowest BCUT2D eigenvalue weighted by atomic mass is 10.2. The summed E-state index contributed by atoms with van der Waals surface area (Å²) in [6.07, 6.45) is 0. The molecule has 0 aliphatic rings. The van der Waals surface area contributed by atoms with Crippen LogP contribution in [0.25, 0.3) is 0 Å². The molecular formula is C17H20N4O4. The van der Waals surface area contributed by atoms with Gasteiger partial charge in [-0.15, -0.1) is 0 Å². The minimum atomic E-state index is -0.453. The van der Waals surface area contributed by atoms with E-state index in [2.05, 4.69) is 10.2 Å². The van der Waals surface area contributed by atoms with Gasteiger partial charge in [0, 0.05) is 31.4 Å². The molecule has 2 rings (SSSR count). The number of rotatable bonds is 9. The van der Waals surface area contributed by atoms with Crippen LogP contribution in [0.5, 0.6) is 0 Å². The Morgan fingerprint density at radius 2 is 1.60 bits per heavy atom. The molecule has 132 valence electrons. The molecular weight excluding hydrogens is 324 g/mol. The number of nitro groups is 1. The fourth-order valence-corrected chi connectivity index (χ4v) is 2.03. The first kappa shape index (κ1) is 18.5. The highest BCUT2D eigenvalue weighted by Gasteiger charge is 2.03. The Labute approximate surface area is 145 Å². The Bertz CT molecular complexity index is 702. The molecule has 8 heteroatoms. The summed E-state index contributed by atoms with van der Waals surface area (Å²) in [5.41, 5.74) is 2.27. The second kappa shape index (κ2) is 9.45. The molecule has 0 saturated carbocycles. The molecule has 0 aromatic heterocycles. The zero-order valence-corrected chi connectivity index (χ0v) is 13.9. The quantitative estimate of drug-likeness (QED) is 0.325. The summed E-state index contributed by atoms with van der Waals surface area (Å²) < 4.78 is 5.24. The van der Waals surface area contributed by atoms with Crippen molar-refractivity contribution in [1.82, 2.24) is 0 Å². The fraction of sp³-hybridized carbons (Fsp3) is 0.294. The minimum Gasteiger partial charge on any atom is -0.394 e. The largest absolute Gasteiger partial charge is 0.394 e. The number of aliphatic hydroxyl groups excluding tert-OH is 1. The molecule has 0 amide bonds. The number of ether oxygens (including phenoxy) is 1. The van der Waals surface area contributed by atoms with Crippen LogP contribution in [0.1, 0.15) is 0 Å². The van der Waals surface area contributed by atoms with Crippen LogP contribution >= 0.6 is 0 Å². The third kappa shape index (κ3) is 5.94. The van der Waals surface area contributed by atoms with E-state index in [0.717, 1.165) is 5.69 Å². The van der Waals surface area contributed by atoms with Gasteiger partial charge in [-0.2, -0.15) is 10.2 Å². The number of nitro benzene ring substituents is 1. The van der Waals surface area contributed by atoms with Gasteiger partial charge in [0.15, 0.2) is 0 Å². The van der Waals surface area contributed by atoms with Crippen LogP contribution in [-0.2, 0) is 4.74 Å². The summed E-state index contributed by atoms with van der Waals surface area (Å²) in [6.45, 7) is 1.62. The van der Waals surface area contributed by atoms with Crippen molar-refractivity contribution in [3.05, 3.63) is 58.6 Å². The zero-order chi connectivity index (χ0) is 18.1. The van der Waals surface area contributed by atoms with Gasteiger partial charge >= 0.3 is 0 Å². The molecule has 0 atom stereocenters. The van der Waals surface area contributed by atoms with E-state index < -0.39 is 4.92 Å². The Morgan fingerprint density at radius 3 is 2.12 bits per heavy atom. The second-order valence-electron chi connectivity index (χ2n) is 5.25. The summed E-state index contributed by atoms with van der Waals surface area (Å²) in [6, 6.07) is 13.4. The first-order chi connectivity index (χ1) is 12.1. The number of aliphatic hydroxyl groups is 1. The highest BCUT2D eigenvalue weighted by atomic mass is 16.6. The van der Waals surface area contributed by atoms with Gasteiger partial charge < -0.3 is 14.7 Å². The molecule has 0 bridgehead atoms. The summed E-state index contributed by atoms with van der Waals surface area (Å²) in [5.74, 6) is 0. The van der Waals surface area contributed by atoms with E-state index in [1.54, 1.807) is 12.1 Å². The summed E-state index contributed by atoms with van der Waals surface area (Å²) in [7, 11) is 1.95. The van der Waals surface area contributed by atoms with E-state index in [-0.39, 0.29) is 12.3 Å². The fourth-order valence-electron chi connectivity index (χ4n) is 2.03. The number of likely N-dealkylation sites (N-methyl/N-ethyl adjacent to an activating group) is 1. The minimum absolute atomic E-state index is 0.0225. The third-order valence-electron chi connectivity index (χ3n) is 3.44. The van der Waals surface area contributed by atoms with E-state index in [4.69, 9.17) is 9.84 Å². The zero-order valence-electron chi connectivity index (χ0n) is 13.9. The lowest BCUT2D eigenvalue weighted by Crippen LogP contribution is -2.22. The Balaban J connectivity index is 1.91. The molecule has 2 aromatic rings. The van der Waals surface area contributed by atoms with E-state index in [1.807, 2.05) is 36.2 Å². The predicted octanol–water partition coefficient (Wildman–Crippen LogP) is 3.46. The number of anilines is 1. The van der Waals surface area contributed by atoms with Crippen molar-refractivity contribution in [3.8, 4) is 0 Å². The molecule has 0 spiro atoms. The molecule has 0 saturated heterocycles. The van der Waals surface area contributed by atoms with Gasteiger partial charge in [0.2, 0.25) is 0 Å². The van der Waals surface area contributed by atoms with Gasteiger partial charge in [0.1, 0.15) is 0 Å². The van der Waals surface area contributed by atoms with Crippen LogP contribution < -0.4 is 4.90 Å². The average molecular weight is 344 g/mol. The molecule has 0 unspecified atom stereocenters.